The van der Waals surface area contributed by atoms with Gasteiger partial charge in [-0.3, -0.25) is 19.3 Å². The summed E-state index contributed by atoms with van der Waals surface area (Å²) in [6, 6.07) is 3.01. The smallest absolute Gasteiger partial charge is 0.274 e. The van der Waals surface area contributed by atoms with E-state index in [1.54, 1.807) is 12.3 Å². The molecule has 2 rings (SSSR count). The summed E-state index contributed by atoms with van der Waals surface area (Å²) in [5, 5.41) is 0. The third-order valence-electron chi connectivity index (χ3n) is 1.79. The summed E-state index contributed by atoms with van der Waals surface area (Å²) in [6.07, 6.45) is 4.55. The number of hydrogen-bond acceptors (Lipinski definition) is 3. The van der Waals surface area contributed by atoms with Gasteiger partial charge in [0.05, 0.1) is 11.9 Å². The van der Waals surface area contributed by atoms with Crippen LogP contribution < -0.4 is 11.2 Å². The second-order valence-corrected chi connectivity index (χ2v) is 3.76. The summed E-state index contributed by atoms with van der Waals surface area (Å²) >= 11 is 3.25. The van der Waals surface area contributed by atoms with E-state index in [1.807, 2.05) is 0 Å². The lowest BCUT2D eigenvalue weighted by Gasteiger charge is -2.03. The number of pyridine rings is 1. The van der Waals surface area contributed by atoms with Crippen LogP contribution in [-0.4, -0.2) is 14.5 Å². The van der Waals surface area contributed by atoms with Gasteiger partial charge in [0, 0.05) is 22.9 Å². The fourth-order valence-electron chi connectivity index (χ4n) is 1.15. The first kappa shape index (κ1) is 9.85. The average Bonchev–Trinajstić information content (AvgIpc) is 2.17. The maximum atomic E-state index is 11.4. The van der Waals surface area contributed by atoms with E-state index in [2.05, 4.69) is 25.9 Å². The Morgan fingerprint density at radius 2 is 2.13 bits per heavy atom. The number of aromatic amines is 1. The van der Waals surface area contributed by atoms with Gasteiger partial charge in [0.25, 0.3) is 5.56 Å². The lowest BCUT2D eigenvalue weighted by Crippen LogP contribution is -2.27. The van der Waals surface area contributed by atoms with Crippen LogP contribution in [0.25, 0.3) is 5.69 Å². The van der Waals surface area contributed by atoms with Gasteiger partial charge in [-0.25, -0.2) is 4.79 Å². The van der Waals surface area contributed by atoms with Crippen molar-refractivity contribution >= 4 is 15.9 Å². The van der Waals surface area contributed by atoms with Crippen molar-refractivity contribution in [1.82, 2.24) is 14.5 Å². The van der Waals surface area contributed by atoms with E-state index in [0.717, 1.165) is 4.47 Å². The number of hydrogen-bond donors (Lipinski definition) is 1. The Hall–Kier alpha value is -1.69. The Morgan fingerprint density at radius 3 is 2.80 bits per heavy atom. The minimum absolute atomic E-state index is 0.417. The summed E-state index contributed by atoms with van der Waals surface area (Å²) in [7, 11) is 0. The third kappa shape index (κ3) is 2.04. The van der Waals surface area contributed by atoms with E-state index >= 15 is 0 Å². The molecule has 0 aliphatic carbocycles. The van der Waals surface area contributed by atoms with E-state index < -0.39 is 11.2 Å². The zero-order valence-electron chi connectivity index (χ0n) is 7.48. The molecule has 0 saturated heterocycles. The lowest BCUT2D eigenvalue weighted by atomic mass is 10.4. The molecule has 2 heterocycles. The molecule has 0 radical (unpaired) electrons. The Labute approximate surface area is 92.5 Å². The van der Waals surface area contributed by atoms with Crippen molar-refractivity contribution in [1.29, 1.82) is 0 Å². The van der Waals surface area contributed by atoms with Crippen molar-refractivity contribution in [3.63, 3.8) is 0 Å². The number of rotatable bonds is 1. The van der Waals surface area contributed by atoms with E-state index in [9.17, 15) is 9.59 Å². The molecule has 0 aliphatic rings. The van der Waals surface area contributed by atoms with Crippen LogP contribution in [0.3, 0.4) is 0 Å². The van der Waals surface area contributed by atoms with E-state index in [4.69, 9.17) is 0 Å². The van der Waals surface area contributed by atoms with Crippen LogP contribution in [-0.2, 0) is 0 Å². The quantitative estimate of drug-likeness (QED) is 0.827. The van der Waals surface area contributed by atoms with Crippen LogP contribution in [0.15, 0.2) is 44.8 Å². The van der Waals surface area contributed by atoms with Crippen LogP contribution >= 0.6 is 15.9 Å². The number of H-pyrrole nitrogens is 1. The summed E-state index contributed by atoms with van der Waals surface area (Å²) in [6.45, 7) is 0. The first-order chi connectivity index (χ1) is 7.16. The van der Waals surface area contributed by atoms with E-state index in [-0.39, 0.29) is 0 Å². The summed E-state index contributed by atoms with van der Waals surface area (Å²) in [4.78, 5) is 28.4. The largest absolute Gasteiger partial charge is 0.332 e. The highest BCUT2D eigenvalue weighted by Gasteiger charge is 2.00. The molecule has 76 valence electrons. The van der Waals surface area contributed by atoms with Gasteiger partial charge >= 0.3 is 5.69 Å². The molecule has 1 N–H and O–H groups in total. The van der Waals surface area contributed by atoms with Gasteiger partial charge < -0.3 is 0 Å². The molecule has 0 atom stereocenters. The number of halogens is 1. The van der Waals surface area contributed by atoms with Gasteiger partial charge in [-0.2, -0.15) is 0 Å². The van der Waals surface area contributed by atoms with Gasteiger partial charge in [-0.15, -0.1) is 0 Å². The molecule has 15 heavy (non-hydrogen) atoms. The fourth-order valence-corrected chi connectivity index (χ4v) is 1.51. The van der Waals surface area contributed by atoms with Gasteiger partial charge in [-0.05, 0) is 22.0 Å². The minimum atomic E-state index is -0.484. The van der Waals surface area contributed by atoms with Crippen LogP contribution in [0.5, 0.6) is 0 Å². The number of aromatic nitrogens is 3. The topological polar surface area (TPSA) is 67.8 Å². The first-order valence-corrected chi connectivity index (χ1v) is 4.89. The monoisotopic (exact) mass is 267 g/mol. The molecule has 0 fully saturated rings. The molecule has 0 aliphatic heterocycles. The summed E-state index contributed by atoms with van der Waals surface area (Å²) in [5.41, 5.74) is -0.313. The highest BCUT2D eigenvalue weighted by atomic mass is 79.9. The zero-order chi connectivity index (χ0) is 10.8. The normalized spacial score (nSPS) is 10.2. The maximum Gasteiger partial charge on any atom is 0.332 e. The van der Waals surface area contributed by atoms with Crippen LogP contribution in [0.2, 0.25) is 0 Å². The van der Waals surface area contributed by atoms with Crippen LogP contribution in [0.1, 0.15) is 0 Å². The van der Waals surface area contributed by atoms with Crippen molar-refractivity contribution in [2.75, 3.05) is 0 Å². The Morgan fingerprint density at radius 1 is 1.33 bits per heavy atom. The lowest BCUT2D eigenvalue weighted by molar-refractivity contribution is 0.889. The predicted molar refractivity (Wildman–Crippen MR) is 58.2 cm³/mol. The van der Waals surface area contributed by atoms with Gasteiger partial charge in [0.2, 0.25) is 0 Å². The molecule has 0 spiro atoms. The van der Waals surface area contributed by atoms with Gasteiger partial charge in [0.15, 0.2) is 0 Å². The first-order valence-electron chi connectivity index (χ1n) is 4.10. The van der Waals surface area contributed by atoms with Gasteiger partial charge in [-0.1, -0.05) is 0 Å². The standard InChI is InChI=1S/C9H6BrN3O2/c10-6-3-7(5-11-4-6)13-2-1-8(14)12-9(13)15/h1-5H,(H,12,14,15). The molecule has 0 amide bonds. The van der Waals surface area contributed by atoms with E-state index in [1.165, 1.54) is 23.0 Å². The highest BCUT2D eigenvalue weighted by Crippen LogP contribution is 2.11. The van der Waals surface area contributed by atoms with Crippen molar-refractivity contribution in [2.24, 2.45) is 0 Å². The minimum Gasteiger partial charge on any atom is -0.274 e. The molecule has 2 aromatic heterocycles. The molecular formula is C9H6BrN3O2. The second-order valence-electron chi connectivity index (χ2n) is 2.84. The Kier molecular flexibility index (Phi) is 2.51. The molecule has 6 heteroatoms. The summed E-state index contributed by atoms with van der Waals surface area (Å²) < 4.78 is 2.07. The molecule has 2 aromatic rings. The Balaban J connectivity index is 2.64. The molecule has 5 nitrogen and oxygen atoms in total. The zero-order valence-corrected chi connectivity index (χ0v) is 9.06. The van der Waals surface area contributed by atoms with Crippen molar-refractivity contribution < 1.29 is 0 Å². The molecular weight excluding hydrogens is 262 g/mol. The molecule has 0 unspecified atom stereocenters. The maximum absolute atomic E-state index is 11.4. The number of nitrogens with one attached hydrogen (secondary N) is 1. The highest BCUT2D eigenvalue weighted by molar-refractivity contribution is 9.10. The van der Waals surface area contributed by atoms with Crippen LogP contribution in [0, 0.1) is 0 Å². The molecule has 0 aromatic carbocycles. The third-order valence-corrected chi connectivity index (χ3v) is 2.23. The SMILES string of the molecule is O=c1ccn(-c2cncc(Br)c2)c(=O)[nH]1. The van der Waals surface area contributed by atoms with Gasteiger partial charge in [0.1, 0.15) is 0 Å². The fraction of sp³-hybridized carbons (Fsp3) is 0. The summed E-state index contributed by atoms with van der Waals surface area (Å²) in [5.74, 6) is 0. The molecule has 0 saturated carbocycles. The van der Waals surface area contributed by atoms with Crippen molar-refractivity contribution in [3.05, 3.63) is 56.0 Å². The van der Waals surface area contributed by atoms with Crippen LogP contribution in [0.4, 0.5) is 0 Å². The Bertz CT molecular complexity index is 603. The van der Waals surface area contributed by atoms with Crippen molar-refractivity contribution in [2.45, 2.75) is 0 Å². The predicted octanol–water partition coefficient (Wildman–Crippen LogP) is 0.683. The second kappa shape index (κ2) is 3.82. The van der Waals surface area contributed by atoms with Crippen molar-refractivity contribution in [3.8, 4) is 5.69 Å². The average molecular weight is 268 g/mol. The number of nitrogens with zero attached hydrogens (tertiary/aromatic N) is 2. The van der Waals surface area contributed by atoms with E-state index in [0.29, 0.717) is 5.69 Å². The molecule has 0 bridgehead atoms.